The number of benzene rings is 1. The Morgan fingerprint density at radius 1 is 1.55 bits per heavy atom. The molecule has 3 N–H and O–H groups in total. The molecule has 0 radical (unpaired) electrons. The van der Waals surface area contributed by atoms with Crippen molar-refractivity contribution < 1.29 is 14.4 Å². The molecule has 0 unspecified atom stereocenters. The summed E-state index contributed by atoms with van der Waals surface area (Å²) in [6, 6.07) is 4.38. The first-order valence-electron chi connectivity index (χ1n) is 6.25. The van der Waals surface area contributed by atoms with E-state index in [1.165, 1.54) is 18.2 Å². The van der Waals surface area contributed by atoms with Crippen molar-refractivity contribution in [2.75, 3.05) is 6.54 Å². The molecule has 0 spiro atoms. The van der Waals surface area contributed by atoms with Crippen LogP contribution in [0.2, 0.25) is 0 Å². The number of rotatable bonds is 5. The molecule has 0 heterocycles. The molecule has 0 atom stereocenters. The molecule has 1 amide bonds. The van der Waals surface area contributed by atoms with E-state index in [1.807, 2.05) is 0 Å². The smallest absolute Gasteiger partial charge is 0.254 e. The fraction of sp³-hybridized carbons (Fsp3) is 0.385. The zero-order valence-corrected chi connectivity index (χ0v) is 12.3. The van der Waals surface area contributed by atoms with Crippen LogP contribution in [-0.2, 0) is 0 Å². The van der Waals surface area contributed by atoms with Gasteiger partial charge < -0.3 is 15.8 Å². The van der Waals surface area contributed by atoms with Gasteiger partial charge in [-0.05, 0) is 47.0 Å². The number of halogens is 2. The normalized spacial score (nSPS) is 15.2. The molecule has 7 heteroatoms. The van der Waals surface area contributed by atoms with E-state index in [-0.39, 0.29) is 22.3 Å². The van der Waals surface area contributed by atoms with E-state index in [2.05, 4.69) is 21.1 Å². The highest BCUT2D eigenvalue weighted by atomic mass is 79.9. The molecule has 0 aromatic heterocycles. The number of hydrogen-bond donors (Lipinski definition) is 2. The van der Waals surface area contributed by atoms with Crippen LogP contribution in [0.1, 0.15) is 29.6 Å². The van der Waals surface area contributed by atoms with Crippen LogP contribution in [0.4, 0.5) is 4.39 Å². The summed E-state index contributed by atoms with van der Waals surface area (Å²) in [5.41, 5.74) is 5.85. The molecule has 0 bridgehead atoms. The Morgan fingerprint density at radius 2 is 2.25 bits per heavy atom. The number of nitrogens with two attached hydrogens (primary N) is 1. The van der Waals surface area contributed by atoms with Gasteiger partial charge in [0.1, 0.15) is 11.7 Å². The average Bonchev–Trinajstić information content (AvgIpc) is 3.26. The van der Waals surface area contributed by atoms with Gasteiger partial charge in [-0.25, -0.2) is 4.39 Å². The standard InChI is InChI=1S/C13H15BrFN3O2/c14-10-7-8(1-4-11(10)15)13(19)18(9-2-3-9)6-5-12(16)17-20/h1,4,7,9,20H,2-3,5-6H2,(H2,16,17). The number of amidine groups is 1. The number of nitrogens with zero attached hydrogens (tertiary/aromatic N) is 2. The fourth-order valence-electron chi connectivity index (χ4n) is 1.92. The van der Waals surface area contributed by atoms with Crippen LogP contribution in [-0.4, -0.2) is 34.4 Å². The van der Waals surface area contributed by atoms with Gasteiger partial charge >= 0.3 is 0 Å². The summed E-state index contributed by atoms with van der Waals surface area (Å²) in [7, 11) is 0. The zero-order chi connectivity index (χ0) is 14.7. The van der Waals surface area contributed by atoms with Crippen molar-refractivity contribution in [3.05, 3.63) is 34.1 Å². The molecule has 1 aromatic rings. The van der Waals surface area contributed by atoms with Crippen molar-refractivity contribution in [1.82, 2.24) is 4.90 Å². The predicted octanol–water partition coefficient (Wildman–Crippen LogP) is 2.33. The molecule has 108 valence electrons. The first-order chi connectivity index (χ1) is 9.52. The zero-order valence-electron chi connectivity index (χ0n) is 10.7. The van der Waals surface area contributed by atoms with E-state index in [9.17, 15) is 9.18 Å². The molecule has 1 fully saturated rings. The minimum Gasteiger partial charge on any atom is -0.409 e. The first-order valence-corrected chi connectivity index (χ1v) is 7.04. The van der Waals surface area contributed by atoms with Gasteiger partial charge in [0.05, 0.1) is 4.47 Å². The van der Waals surface area contributed by atoms with E-state index < -0.39 is 5.82 Å². The van der Waals surface area contributed by atoms with Gasteiger partial charge in [0, 0.05) is 24.6 Å². The first kappa shape index (κ1) is 14.8. The Morgan fingerprint density at radius 3 is 2.80 bits per heavy atom. The summed E-state index contributed by atoms with van der Waals surface area (Å²) < 4.78 is 13.5. The molecule has 1 aliphatic rings. The third kappa shape index (κ3) is 3.47. The third-order valence-corrected chi connectivity index (χ3v) is 3.76. The van der Waals surface area contributed by atoms with Gasteiger partial charge in [0.25, 0.3) is 5.91 Å². The van der Waals surface area contributed by atoms with Crippen LogP contribution < -0.4 is 5.73 Å². The van der Waals surface area contributed by atoms with E-state index in [4.69, 9.17) is 10.9 Å². The second kappa shape index (κ2) is 6.21. The number of hydrogen-bond acceptors (Lipinski definition) is 3. The highest BCUT2D eigenvalue weighted by Gasteiger charge is 2.33. The average molecular weight is 344 g/mol. The molecule has 20 heavy (non-hydrogen) atoms. The minimum absolute atomic E-state index is 0.0868. The second-order valence-electron chi connectivity index (χ2n) is 4.70. The van der Waals surface area contributed by atoms with Crippen molar-refractivity contribution in [3.8, 4) is 0 Å². The van der Waals surface area contributed by atoms with Crippen molar-refractivity contribution in [2.45, 2.75) is 25.3 Å². The van der Waals surface area contributed by atoms with Crippen LogP contribution in [0.3, 0.4) is 0 Å². The lowest BCUT2D eigenvalue weighted by Crippen LogP contribution is -2.36. The highest BCUT2D eigenvalue weighted by Crippen LogP contribution is 2.29. The number of amides is 1. The maximum atomic E-state index is 13.2. The lowest BCUT2D eigenvalue weighted by atomic mass is 10.2. The van der Waals surface area contributed by atoms with Crippen LogP contribution in [0.15, 0.2) is 27.8 Å². The summed E-state index contributed by atoms with van der Waals surface area (Å²) in [4.78, 5) is 14.1. The predicted molar refractivity (Wildman–Crippen MR) is 76.2 cm³/mol. The molecule has 1 saturated carbocycles. The van der Waals surface area contributed by atoms with E-state index in [0.717, 1.165) is 12.8 Å². The highest BCUT2D eigenvalue weighted by molar-refractivity contribution is 9.10. The summed E-state index contributed by atoms with van der Waals surface area (Å²) >= 11 is 3.07. The lowest BCUT2D eigenvalue weighted by Gasteiger charge is -2.22. The van der Waals surface area contributed by atoms with Crippen LogP contribution >= 0.6 is 15.9 Å². The maximum absolute atomic E-state index is 13.2. The topological polar surface area (TPSA) is 78.9 Å². The van der Waals surface area contributed by atoms with Gasteiger partial charge in [0.2, 0.25) is 0 Å². The summed E-state index contributed by atoms with van der Waals surface area (Å²) in [6.45, 7) is 0.383. The van der Waals surface area contributed by atoms with Gasteiger partial charge in [0.15, 0.2) is 0 Å². The second-order valence-corrected chi connectivity index (χ2v) is 5.55. The van der Waals surface area contributed by atoms with Crippen molar-refractivity contribution in [2.24, 2.45) is 10.9 Å². The number of carbonyl (C=O) groups is 1. The van der Waals surface area contributed by atoms with Crippen molar-refractivity contribution >= 4 is 27.7 Å². The quantitative estimate of drug-likeness (QED) is 0.372. The summed E-state index contributed by atoms with van der Waals surface area (Å²) in [5, 5.41) is 11.4. The van der Waals surface area contributed by atoms with E-state index in [0.29, 0.717) is 18.5 Å². The molecular formula is C13H15BrFN3O2. The summed E-state index contributed by atoms with van der Waals surface area (Å²) in [5.74, 6) is -0.487. The van der Waals surface area contributed by atoms with Gasteiger partial charge in [-0.1, -0.05) is 5.16 Å². The Hall–Kier alpha value is -1.63. The molecule has 1 aliphatic carbocycles. The molecule has 0 saturated heterocycles. The molecule has 2 rings (SSSR count). The minimum atomic E-state index is -0.406. The monoisotopic (exact) mass is 343 g/mol. The molecule has 0 aliphatic heterocycles. The molecule has 5 nitrogen and oxygen atoms in total. The van der Waals surface area contributed by atoms with Gasteiger partial charge in [-0.3, -0.25) is 4.79 Å². The fourth-order valence-corrected chi connectivity index (χ4v) is 2.29. The van der Waals surface area contributed by atoms with Crippen molar-refractivity contribution in [3.63, 3.8) is 0 Å². The molecular weight excluding hydrogens is 329 g/mol. The Labute approximate surface area is 124 Å². The van der Waals surface area contributed by atoms with Gasteiger partial charge in [-0.15, -0.1) is 0 Å². The third-order valence-electron chi connectivity index (χ3n) is 3.15. The van der Waals surface area contributed by atoms with Crippen molar-refractivity contribution in [1.29, 1.82) is 0 Å². The van der Waals surface area contributed by atoms with Crippen LogP contribution in [0.5, 0.6) is 0 Å². The van der Waals surface area contributed by atoms with E-state index >= 15 is 0 Å². The van der Waals surface area contributed by atoms with Crippen LogP contribution in [0, 0.1) is 5.82 Å². The largest absolute Gasteiger partial charge is 0.409 e. The number of oxime groups is 1. The Kier molecular flexibility index (Phi) is 4.59. The summed E-state index contributed by atoms with van der Waals surface area (Å²) in [6.07, 6.45) is 2.20. The Bertz CT molecular complexity index is 546. The molecule has 1 aromatic carbocycles. The lowest BCUT2D eigenvalue weighted by molar-refractivity contribution is 0.0747. The van der Waals surface area contributed by atoms with Crippen LogP contribution in [0.25, 0.3) is 0 Å². The Balaban J connectivity index is 2.12. The maximum Gasteiger partial charge on any atom is 0.254 e. The van der Waals surface area contributed by atoms with Gasteiger partial charge in [-0.2, -0.15) is 0 Å². The number of carbonyl (C=O) groups excluding carboxylic acids is 1. The van der Waals surface area contributed by atoms with E-state index in [1.54, 1.807) is 4.90 Å². The SMILES string of the molecule is N/C(CCN(C(=O)c1ccc(F)c(Br)c1)C1CC1)=N/O.